The van der Waals surface area contributed by atoms with Gasteiger partial charge in [0.15, 0.2) is 0 Å². The fourth-order valence-electron chi connectivity index (χ4n) is 2.44. The number of carbonyl (C=O) groups is 1. The van der Waals surface area contributed by atoms with Crippen LogP contribution in [-0.4, -0.2) is 41.7 Å². The van der Waals surface area contributed by atoms with E-state index in [4.69, 9.17) is 4.74 Å². The molecule has 19 heavy (non-hydrogen) atoms. The van der Waals surface area contributed by atoms with E-state index < -0.39 is 0 Å². The molecule has 1 saturated carbocycles. The lowest BCUT2D eigenvalue weighted by Crippen LogP contribution is -2.52. The van der Waals surface area contributed by atoms with Crippen molar-refractivity contribution in [1.82, 2.24) is 15.2 Å². The van der Waals surface area contributed by atoms with E-state index >= 15 is 0 Å². The Balaban J connectivity index is 1.66. The van der Waals surface area contributed by atoms with Crippen molar-refractivity contribution in [3.63, 3.8) is 0 Å². The summed E-state index contributed by atoms with van der Waals surface area (Å²) < 4.78 is 5.37. The minimum atomic E-state index is 0.0166. The van der Waals surface area contributed by atoms with E-state index in [9.17, 15) is 4.79 Å². The Labute approximate surface area is 117 Å². The molecule has 2 amide bonds. The van der Waals surface area contributed by atoms with Crippen LogP contribution in [0.15, 0.2) is 11.6 Å². The predicted molar refractivity (Wildman–Crippen MR) is 73.1 cm³/mol. The van der Waals surface area contributed by atoms with Crippen LogP contribution in [0, 0.1) is 5.92 Å². The second kappa shape index (κ2) is 5.46. The molecule has 104 valence electrons. The minimum absolute atomic E-state index is 0.0166. The van der Waals surface area contributed by atoms with Gasteiger partial charge in [-0.3, -0.25) is 0 Å². The fraction of sp³-hybridized carbons (Fsp3) is 0.692. The second-order valence-corrected chi connectivity index (χ2v) is 6.18. The molecule has 1 aliphatic heterocycles. The Kier molecular flexibility index (Phi) is 3.70. The average Bonchev–Trinajstić information content (AvgIpc) is 3.11. The zero-order chi connectivity index (χ0) is 13.2. The largest absolute Gasteiger partial charge is 0.377 e. The molecule has 1 aromatic rings. The Morgan fingerprint density at radius 3 is 3.11 bits per heavy atom. The van der Waals surface area contributed by atoms with Gasteiger partial charge in [-0.1, -0.05) is 0 Å². The SMILES string of the molecule is CC1COCCN1C(=O)NC(c1nccs1)C1CC1. The van der Waals surface area contributed by atoms with Crippen LogP contribution in [0.2, 0.25) is 0 Å². The molecule has 0 radical (unpaired) electrons. The number of ether oxygens (including phenoxy) is 1. The highest BCUT2D eigenvalue weighted by Gasteiger charge is 2.36. The van der Waals surface area contributed by atoms with Gasteiger partial charge in [-0.05, 0) is 25.7 Å². The Bertz CT molecular complexity index is 433. The van der Waals surface area contributed by atoms with E-state index in [0.29, 0.717) is 25.7 Å². The molecular weight excluding hydrogens is 262 g/mol. The number of rotatable bonds is 3. The third kappa shape index (κ3) is 2.90. The van der Waals surface area contributed by atoms with Crippen molar-refractivity contribution in [1.29, 1.82) is 0 Å². The smallest absolute Gasteiger partial charge is 0.318 e. The van der Waals surface area contributed by atoms with Crippen molar-refractivity contribution in [2.24, 2.45) is 5.92 Å². The molecule has 2 unspecified atom stereocenters. The number of nitrogens with one attached hydrogen (secondary N) is 1. The molecule has 1 aliphatic carbocycles. The van der Waals surface area contributed by atoms with Crippen LogP contribution in [0.4, 0.5) is 4.79 Å². The Hall–Kier alpha value is -1.14. The lowest BCUT2D eigenvalue weighted by Gasteiger charge is -2.34. The van der Waals surface area contributed by atoms with E-state index in [-0.39, 0.29) is 18.1 Å². The highest BCUT2D eigenvalue weighted by Crippen LogP contribution is 2.41. The summed E-state index contributed by atoms with van der Waals surface area (Å²) in [5, 5.41) is 6.15. The number of carbonyl (C=O) groups excluding carboxylic acids is 1. The summed E-state index contributed by atoms with van der Waals surface area (Å²) >= 11 is 1.62. The maximum absolute atomic E-state index is 12.4. The molecule has 2 atom stereocenters. The number of urea groups is 1. The number of hydrogen-bond donors (Lipinski definition) is 1. The molecule has 0 aromatic carbocycles. The van der Waals surface area contributed by atoms with Crippen LogP contribution < -0.4 is 5.32 Å². The van der Waals surface area contributed by atoms with Gasteiger partial charge in [-0.25, -0.2) is 9.78 Å². The van der Waals surface area contributed by atoms with Gasteiger partial charge in [0.05, 0.1) is 25.3 Å². The fourth-order valence-corrected chi connectivity index (χ4v) is 3.22. The first kappa shape index (κ1) is 12.9. The number of nitrogens with zero attached hydrogens (tertiary/aromatic N) is 2. The quantitative estimate of drug-likeness (QED) is 0.922. The predicted octanol–water partition coefficient (Wildman–Crippen LogP) is 2.02. The van der Waals surface area contributed by atoms with Crippen molar-refractivity contribution < 1.29 is 9.53 Å². The number of hydrogen-bond acceptors (Lipinski definition) is 4. The molecule has 2 fully saturated rings. The number of thiazole rings is 1. The van der Waals surface area contributed by atoms with Gasteiger partial charge in [-0.15, -0.1) is 11.3 Å². The average molecular weight is 281 g/mol. The van der Waals surface area contributed by atoms with Crippen LogP contribution in [0.5, 0.6) is 0 Å². The Morgan fingerprint density at radius 1 is 1.63 bits per heavy atom. The topological polar surface area (TPSA) is 54.5 Å². The van der Waals surface area contributed by atoms with Gasteiger partial charge >= 0.3 is 6.03 Å². The number of morpholine rings is 1. The first-order valence-corrected chi connectivity index (χ1v) is 7.68. The highest BCUT2D eigenvalue weighted by molar-refractivity contribution is 7.09. The van der Waals surface area contributed by atoms with Gasteiger partial charge in [0.2, 0.25) is 0 Å². The molecule has 0 bridgehead atoms. The summed E-state index contributed by atoms with van der Waals surface area (Å²) in [6.45, 7) is 3.94. The van der Waals surface area contributed by atoms with Crippen LogP contribution in [-0.2, 0) is 4.74 Å². The van der Waals surface area contributed by atoms with Gasteiger partial charge < -0.3 is 15.0 Å². The van der Waals surface area contributed by atoms with Crippen molar-refractivity contribution >= 4 is 17.4 Å². The van der Waals surface area contributed by atoms with Crippen LogP contribution in [0.3, 0.4) is 0 Å². The van der Waals surface area contributed by atoms with E-state index in [2.05, 4.69) is 10.3 Å². The van der Waals surface area contributed by atoms with Gasteiger partial charge in [0, 0.05) is 18.1 Å². The summed E-state index contributed by atoms with van der Waals surface area (Å²) in [4.78, 5) is 18.6. The summed E-state index contributed by atoms with van der Waals surface area (Å²) in [7, 11) is 0. The third-order valence-electron chi connectivity index (χ3n) is 3.72. The van der Waals surface area contributed by atoms with Crippen molar-refractivity contribution in [2.45, 2.75) is 31.8 Å². The van der Waals surface area contributed by atoms with Crippen LogP contribution >= 0.6 is 11.3 Å². The minimum Gasteiger partial charge on any atom is -0.377 e. The van der Waals surface area contributed by atoms with Gasteiger partial charge in [0.1, 0.15) is 5.01 Å². The van der Waals surface area contributed by atoms with E-state index in [1.165, 1.54) is 12.8 Å². The first-order chi connectivity index (χ1) is 9.25. The zero-order valence-corrected chi connectivity index (χ0v) is 11.9. The van der Waals surface area contributed by atoms with Crippen molar-refractivity contribution in [3.05, 3.63) is 16.6 Å². The molecule has 6 heteroatoms. The van der Waals surface area contributed by atoms with E-state index in [0.717, 1.165) is 5.01 Å². The van der Waals surface area contributed by atoms with Crippen LogP contribution in [0.25, 0.3) is 0 Å². The molecule has 2 heterocycles. The molecular formula is C13H19N3O2S. The Morgan fingerprint density at radius 2 is 2.47 bits per heavy atom. The zero-order valence-electron chi connectivity index (χ0n) is 11.0. The van der Waals surface area contributed by atoms with E-state index in [1.54, 1.807) is 17.5 Å². The summed E-state index contributed by atoms with van der Waals surface area (Å²) in [5.74, 6) is 0.562. The second-order valence-electron chi connectivity index (χ2n) is 5.25. The summed E-state index contributed by atoms with van der Waals surface area (Å²) in [5.41, 5.74) is 0. The summed E-state index contributed by atoms with van der Waals surface area (Å²) in [6, 6.07) is 0.246. The normalized spacial score (nSPS) is 25.1. The van der Waals surface area contributed by atoms with Gasteiger partial charge in [-0.2, -0.15) is 0 Å². The number of amides is 2. The molecule has 1 saturated heterocycles. The van der Waals surface area contributed by atoms with Crippen molar-refractivity contribution in [2.75, 3.05) is 19.8 Å². The molecule has 0 spiro atoms. The maximum atomic E-state index is 12.4. The highest BCUT2D eigenvalue weighted by atomic mass is 32.1. The first-order valence-electron chi connectivity index (χ1n) is 6.80. The standard InChI is InChI=1S/C13H19N3O2S/c1-9-8-18-6-5-16(9)13(17)15-11(10-2-3-10)12-14-4-7-19-12/h4,7,9-11H,2-3,5-6,8H2,1H3,(H,15,17). The number of aromatic nitrogens is 1. The van der Waals surface area contributed by atoms with Gasteiger partial charge in [0.25, 0.3) is 0 Å². The molecule has 2 aliphatic rings. The lowest BCUT2D eigenvalue weighted by molar-refractivity contribution is 0.0182. The summed E-state index contributed by atoms with van der Waals surface area (Å²) in [6.07, 6.45) is 4.17. The third-order valence-corrected chi connectivity index (χ3v) is 4.58. The molecule has 5 nitrogen and oxygen atoms in total. The lowest BCUT2D eigenvalue weighted by atomic mass is 10.2. The molecule has 1 aromatic heterocycles. The van der Waals surface area contributed by atoms with Crippen molar-refractivity contribution in [3.8, 4) is 0 Å². The maximum Gasteiger partial charge on any atom is 0.318 e. The molecule has 1 N–H and O–H groups in total. The van der Waals surface area contributed by atoms with E-state index in [1.807, 2.05) is 17.2 Å². The van der Waals surface area contributed by atoms with Crippen LogP contribution in [0.1, 0.15) is 30.8 Å². The molecule has 3 rings (SSSR count). The monoisotopic (exact) mass is 281 g/mol.